The predicted molar refractivity (Wildman–Crippen MR) is 101 cm³/mol. The van der Waals surface area contributed by atoms with Crippen LogP contribution in [0.3, 0.4) is 0 Å². The summed E-state index contributed by atoms with van der Waals surface area (Å²) in [6.07, 6.45) is 2.35. The molecule has 0 aromatic heterocycles. The summed E-state index contributed by atoms with van der Waals surface area (Å²) in [5, 5.41) is 3.09. The van der Waals surface area contributed by atoms with Crippen LogP contribution >= 0.6 is 0 Å². The predicted octanol–water partition coefficient (Wildman–Crippen LogP) is 5.18. The first kappa shape index (κ1) is 18.3. The van der Waals surface area contributed by atoms with Gasteiger partial charge in [0, 0.05) is 6.42 Å². The molecule has 1 atom stereocenters. The zero-order valence-electron chi connectivity index (χ0n) is 15.3. The van der Waals surface area contributed by atoms with Gasteiger partial charge in [0.1, 0.15) is 0 Å². The smallest absolute Gasteiger partial charge is 0.220 e. The molecule has 0 fully saturated rings. The van der Waals surface area contributed by atoms with E-state index >= 15 is 0 Å². The second-order valence-electron chi connectivity index (χ2n) is 6.78. The molecule has 0 aliphatic carbocycles. The van der Waals surface area contributed by atoms with E-state index in [-0.39, 0.29) is 11.9 Å². The highest BCUT2D eigenvalue weighted by Crippen LogP contribution is 2.16. The minimum atomic E-state index is 0.0479. The summed E-state index contributed by atoms with van der Waals surface area (Å²) in [7, 11) is 0. The van der Waals surface area contributed by atoms with Crippen LogP contribution in [0.1, 0.15) is 68.3 Å². The Hall–Kier alpha value is -2.09. The molecule has 2 aromatic carbocycles. The van der Waals surface area contributed by atoms with Gasteiger partial charge in [0.2, 0.25) is 5.91 Å². The quantitative estimate of drug-likeness (QED) is 0.747. The van der Waals surface area contributed by atoms with Crippen LogP contribution in [0.15, 0.2) is 48.5 Å². The van der Waals surface area contributed by atoms with Crippen molar-refractivity contribution in [2.24, 2.45) is 0 Å². The van der Waals surface area contributed by atoms with Crippen molar-refractivity contribution in [3.63, 3.8) is 0 Å². The van der Waals surface area contributed by atoms with Crippen LogP contribution in [-0.2, 0) is 17.6 Å². The third kappa shape index (κ3) is 5.23. The monoisotopic (exact) mass is 323 g/mol. The molecule has 0 saturated carbocycles. The Morgan fingerprint density at radius 1 is 0.875 bits per heavy atom. The lowest BCUT2D eigenvalue weighted by molar-refractivity contribution is -0.121. The Morgan fingerprint density at radius 3 is 1.96 bits per heavy atom. The Bertz CT molecular complexity index is 641. The Kier molecular flexibility index (Phi) is 6.60. The normalized spacial score (nSPS) is 12.2. The van der Waals surface area contributed by atoms with Gasteiger partial charge in [-0.1, -0.05) is 69.3 Å². The number of amides is 1. The fourth-order valence-electron chi connectivity index (χ4n) is 2.77. The van der Waals surface area contributed by atoms with Gasteiger partial charge in [-0.2, -0.15) is 0 Å². The minimum absolute atomic E-state index is 0.0479. The van der Waals surface area contributed by atoms with Gasteiger partial charge in [0.05, 0.1) is 6.04 Å². The fraction of sp³-hybridized carbons (Fsp3) is 0.409. The van der Waals surface area contributed by atoms with E-state index in [9.17, 15) is 4.79 Å². The van der Waals surface area contributed by atoms with Crippen molar-refractivity contribution < 1.29 is 4.79 Å². The highest BCUT2D eigenvalue weighted by Gasteiger charge is 2.10. The largest absolute Gasteiger partial charge is 0.350 e. The maximum atomic E-state index is 12.2. The van der Waals surface area contributed by atoms with Crippen LogP contribution in [0.25, 0.3) is 0 Å². The molecule has 2 nitrogen and oxygen atoms in total. The maximum absolute atomic E-state index is 12.2. The summed E-state index contributed by atoms with van der Waals surface area (Å²) < 4.78 is 0. The van der Waals surface area contributed by atoms with E-state index in [4.69, 9.17) is 0 Å². The van der Waals surface area contributed by atoms with Crippen LogP contribution in [-0.4, -0.2) is 5.91 Å². The molecule has 2 heteroatoms. The van der Waals surface area contributed by atoms with Crippen molar-refractivity contribution in [1.29, 1.82) is 0 Å². The summed E-state index contributed by atoms with van der Waals surface area (Å²) in [5.74, 6) is 0.650. The van der Waals surface area contributed by atoms with E-state index in [1.165, 1.54) is 16.7 Å². The standard InChI is InChI=1S/C22H29NO/c1-5-18-6-13-21(14-7-18)17(4)23-22(24)15-10-19-8-11-20(12-9-19)16(2)3/h6-9,11-14,16-17H,5,10,15H2,1-4H3,(H,23,24)/t17-/m0/s1. The summed E-state index contributed by atoms with van der Waals surface area (Å²) in [5.41, 5.74) is 5.03. The molecule has 1 N–H and O–H groups in total. The lowest BCUT2D eigenvalue weighted by atomic mass is 10.00. The summed E-state index contributed by atoms with van der Waals surface area (Å²) in [6.45, 7) is 8.57. The maximum Gasteiger partial charge on any atom is 0.220 e. The van der Waals surface area contributed by atoms with E-state index in [0.29, 0.717) is 12.3 Å². The van der Waals surface area contributed by atoms with Gasteiger partial charge in [0.15, 0.2) is 0 Å². The molecule has 2 rings (SSSR count). The molecule has 128 valence electrons. The van der Waals surface area contributed by atoms with Crippen molar-refractivity contribution in [1.82, 2.24) is 5.32 Å². The summed E-state index contributed by atoms with van der Waals surface area (Å²) in [4.78, 5) is 12.2. The van der Waals surface area contributed by atoms with Gasteiger partial charge >= 0.3 is 0 Å². The fourth-order valence-corrected chi connectivity index (χ4v) is 2.77. The average molecular weight is 323 g/mol. The number of nitrogens with one attached hydrogen (secondary N) is 1. The molecule has 0 heterocycles. The summed E-state index contributed by atoms with van der Waals surface area (Å²) in [6, 6.07) is 17.1. The van der Waals surface area contributed by atoms with Gasteiger partial charge < -0.3 is 5.32 Å². The number of carbonyl (C=O) groups is 1. The van der Waals surface area contributed by atoms with Crippen LogP contribution in [0, 0.1) is 0 Å². The molecular formula is C22H29NO. The molecule has 24 heavy (non-hydrogen) atoms. The van der Waals surface area contributed by atoms with Gasteiger partial charge in [0.25, 0.3) is 0 Å². The van der Waals surface area contributed by atoms with Crippen LogP contribution in [0.2, 0.25) is 0 Å². The van der Waals surface area contributed by atoms with Crippen molar-refractivity contribution in [3.8, 4) is 0 Å². The van der Waals surface area contributed by atoms with Gasteiger partial charge in [-0.15, -0.1) is 0 Å². The first-order valence-electron chi connectivity index (χ1n) is 8.96. The van der Waals surface area contributed by atoms with E-state index in [1.807, 2.05) is 6.92 Å². The van der Waals surface area contributed by atoms with Crippen molar-refractivity contribution >= 4 is 5.91 Å². The Labute approximate surface area is 146 Å². The number of aryl methyl sites for hydroxylation is 2. The number of hydrogen-bond acceptors (Lipinski definition) is 1. The van der Waals surface area contributed by atoms with Gasteiger partial charge in [-0.25, -0.2) is 0 Å². The van der Waals surface area contributed by atoms with Crippen LogP contribution in [0.4, 0.5) is 0 Å². The molecule has 1 amide bonds. The second-order valence-corrected chi connectivity index (χ2v) is 6.78. The molecule has 0 aliphatic heterocycles. The SMILES string of the molecule is CCc1ccc([C@H](C)NC(=O)CCc2ccc(C(C)C)cc2)cc1. The number of hydrogen-bond donors (Lipinski definition) is 1. The van der Waals surface area contributed by atoms with Gasteiger partial charge in [-0.05, 0) is 47.9 Å². The molecule has 2 aromatic rings. The highest BCUT2D eigenvalue weighted by atomic mass is 16.1. The summed E-state index contributed by atoms with van der Waals surface area (Å²) >= 11 is 0. The molecule has 0 unspecified atom stereocenters. The van der Waals surface area contributed by atoms with Crippen molar-refractivity contribution in [2.75, 3.05) is 0 Å². The van der Waals surface area contributed by atoms with E-state index in [2.05, 4.69) is 74.6 Å². The van der Waals surface area contributed by atoms with Crippen molar-refractivity contribution in [2.45, 2.75) is 58.9 Å². The Morgan fingerprint density at radius 2 is 1.42 bits per heavy atom. The lowest BCUT2D eigenvalue weighted by Gasteiger charge is -2.15. The topological polar surface area (TPSA) is 29.1 Å². The first-order valence-corrected chi connectivity index (χ1v) is 8.96. The number of carbonyl (C=O) groups excluding carboxylic acids is 1. The molecular weight excluding hydrogens is 294 g/mol. The zero-order chi connectivity index (χ0) is 17.5. The minimum Gasteiger partial charge on any atom is -0.350 e. The first-order chi connectivity index (χ1) is 11.5. The third-order valence-corrected chi connectivity index (χ3v) is 4.55. The van der Waals surface area contributed by atoms with E-state index in [1.54, 1.807) is 0 Å². The third-order valence-electron chi connectivity index (χ3n) is 4.55. The molecule has 0 spiro atoms. The van der Waals surface area contributed by atoms with Crippen molar-refractivity contribution in [3.05, 3.63) is 70.8 Å². The van der Waals surface area contributed by atoms with Crippen LogP contribution < -0.4 is 5.32 Å². The number of rotatable bonds is 7. The highest BCUT2D eigenvalue weighted by molar-refractivity contribution is 5.76. The Balaban J connectivity index is 1.83. The second kappa shape index (κ2) is 8.68. The van der Waals surface area contributed by atoms with Crippen LogP contribution in [0.5, 0.6) is 0 Å². The van der Waals surface area contributed by atoms with E-state index in [0.717, 1.165) is 18.4 Å². The molecule has 0 saturated heterocycles. The number of benzene rings is 2. The lowest BCUT2D eigenvalue weighted by Crippen LogP contribution is -2.26. The molecule has 0 bridgehead atoms. The average Bonchev–Trinajstić information content (AvgIpc) is 2.60. The zero-order valence-corrected chi connectivity index (χ0v) is 15.3. The molecule has 0 radical (unpaired) electrons. The molecule has 0 aliphatic rings. The van der Waals surface area contributed by atoms with Gasteiger partial charge in [-0.3, -0.25) is 4.79 Å². The van der Waals surface area contributed by atoms with E-state index < -0.39 is 0 Å².